The zero-order chi connectivity index (χ0) is 19.7. The van der Waals surface area contributed by atoms with E-state index in [1.54, 1.807) is 0 Å². The lowest BCUT2D eigenvalue weighted by atomic mass is 9.97. The summed E-state index contributed by atoms with van der Waals surface area (Å²) in [5.74, 6) is 0. The first-order chi connectivity index (χ1) is 13.6. The fourth-order valence-corrected chi connectivity index (χ4v) is 5.35. The van der Waals surface area contributed by atoms with E-state index in [2.05, 4.69) is 67.6 Å². The second-order valence-corrected chi connectivity index (χ2v) is 8.84. The van der Waals surface area contributed by atoms with E-state index in [-0.39, 0.29) is 12.1 Å². The second-order valence-electron chi connectivity index (χ2n) is 7.38. The van der Waals surface area contributed by atoms with Crippen LogP contribution in [0.15, 0.2) is 24.4 Å². The van der Waals surface area contributed by atoms with Crippen LogP contribution in [-0.2, 0) is 4.74 Å². The van der Waals surface area contributed by atoms with Gasteiger partial charge in [-0.3, -0.25) is 9.88 Å². The number of nitrogens with one attached hydrogen (secondary N) is 2. The predicted octanol–water partition coefficient (Wildman–Crippen LogP) is 2.94. The summed E-state index contributed by atoms with van der Waals surface area (Å²) in [5.41, 5.74) is 4.76. The third kappa shape index (κ3) is 3.92. The van der Waals surface area contributed by atoms with Gasteiger partial charge >= 0.3 is 0 Å². The number of thiocarbonyl (C=S) groups is 1. The summed E-state index contributed by atoms with van der Waals surface area (Å²) < 4.78 is 6.77. The highest BCUT2D eigenvalue weighted by Crippen LogP contribution is 2.42. The molecule has 2 N–H and O–H groups in total. The van der Waals surface area contributed by atoms with Crippen molar-refractivity contribution in [1.82, 2.24) is 25.1 Å². The molecule has 2 aromatic heterocycles. The number of H-pyrrole nitrogens is 1. The molecule has 8 heteroatoms. The van der Waals surface area contributed by atoms with E-state index >= 15 is 0 Å². The highest BCUT2D eigenvalue weighted by molar-refractivity contribution is 14.1. The zero-order valence-electron chi connectivity index (χ0n) is 16.2. The summed E-state index contributed by atoms with van der Waals surface area (Å²) in [4.78, 5) is 13.0. The summed E-state index contributed by atoms with van der Waals surface area (Å²) in [5, 5.41) is 4.36. The van der Waals surface area contributed by atoms with Gasteiger partial charge in [-0.15, -0.1) is 0 Å². The Morgan fingerprint density at radius 2 is 2.00 bits per heavy atom. The average Bonchev–Trinajstić information content (AvgIpc) is 3.16. The van der Waals surface area contributed by atoms with Crippen molar-refractivity contribution in [2.45, 2.75) is 25.9 Å². The van der Waals surface area contributed by atoms with Gasteiger partial charge in [0.1, 0.15) is 0 Å². The van der Waals surface area contributed by atoms with Crippen molar-refractivity contribution in [2.75, 3.05) is 39.4 Å². The van der Waals surface area contributed by atoms with Gasteiger partial charge in [0, 0.05) is 52.9 Å². The van der Waals surface area contributed by atoms with E-state index in [1.165, 1.54) is 20.5 Å². The van der Waals surface area contributed by atoms with Crippen molar-refractivity contribution in [3.8, 4) is 0 Å². The molecule has 6 nitrogen and oxygen atoms in total. The number of aromatic amines is 1. The number of pyridine rings is 1. The minimum Gasteiger partial charge on any atom is -0.379 e. The molecule has 2 aromatic rings. The standard InChI is InChI=1S/C20H26IN5OS/c1-13-16(17(21)14(2)23-13)19-18(15-5-3-4-6-22-15)24-20(28)26(19)8-7-25-9-11-27-12-10-25/h3-6,18-19,23H,7-12H2,1-2H3,(H,24,28). The summed E-state index contributed by atoms with van der Waals surface area (Å²) in [6, 6.07) is 6.25. The van der Waals surface area contributed by atoms with E-state index in [1.807, 2.05) is 18.3 Å². The normalized spacial score (nSPS) is 23.2. The first-order valence-electron chi connectivity index (χ1n) is 9.69. The van der Waals surface area contributed by atoms with Crippen molar-refractivity contribution in [3.63, 3.8) is 0 Å². The smallest absolute Gasteiger partial charge is 0.170 e. The van der Waals surface area contributed by atoms with Gasteiger partial charge in [0.2, 0.25) is 0 Å². The molecule has 2 saturated heterocycles. The van der Waals surface area contributed by atoms with Crippen LogP contribution in [0.5, 0.6) is 0 Å². The van der Waals surface area contributed by atoms with Gasteiger partial charge in [-0.05, 0) is 60.8 Å². The molecule has 0 saturated carbocycles. The number of halogens is 1. The molecular weight excluding hydrogens is 485 g/mol. The molecule has 4 rings (SSSR count). The Labute approximate surface area is 185 Å². The Balaban J connectivity index is 1.66. The molecule has 0 bridgehead atoms. The second kappa shape index (κ2) is 8.64. The molecule has 0 radical (unpaired) electrons. The SMILES string of the molecule is Cc1[nH]c(C)c(C2C(c3ccccn3)NC(=S)N2CCN2CCOCC2)c1I. The summed E-state index contributed by atoms with van der Waals surface area (Å²) in [7, 11) is 0. The molecule has 2 aliphatic heterocycles. The van der Waals surface area contributed by atoms with E-state index < -0.39 is 0 Å². The number of hydrogen-bond donors (Lipinski definition) is 2. The van der Waals surface area contributed by atoms with E-state index in [0.717, 1.165) is 50.2 Å². The van der Waals surface area contributed by atoms with Crippen molar-refractivity contribution in [2.24, 2.45) is 0 Å². The Morgan fingerprint density at radius 3 is 2.64 bits per heavy atom. The van der Waals surface area contributed by atoms with Crippen molar-refractivity contribution in [3.05, 3.63) is 50.6 Å². The average molecular weight is 511 g/mol. The number of aryl methyl sites for hydroxylation is 2. The predicted molar refractivity (Wildman–Crippen MR) is 122 cm³/mol. The maximum absolute atomic E-state index is 5.79. The minimum absolute atomic E-state index is 0.0424. The molecule has 0 aromatic carbocycles. The lowest BCUT2D eigenvalue weighted by Gasteiger charge is -2.32. The monoisotopic (exact) mass is 511 g/mol. The Hall–Kier alpha value is -1.23. The van der Waals surface area contributed by atoms with Gasteiger partial charge in [-0.25, -0.2) is 0 Å². The number of morpholine rings is 1. The van der Waals surface area contributed by atoms with Crippen molar-refractivity contribution < 1.29 is 4.74 Å². The van der Waals surface area contributed by atoms with Gasteiger partial charge in [-0.1, -0.05) is 6.07 Å². The Kier molecular flexibility index (Phi) is 6.19. The van der Waals surface area contributed by atoms with Crippen LogP contribution in [0, 0.1) is 17.4 Å². The van der Waals surface area contributed by atoms with Gasteiger partial charge in [-0.2, -0.15) is 0 Å². The Morgan fingerprint density at radius 1 is 1.21 bits per heavy atom. The number of hydrogen-bond acceptors (Lipinski definition) is 4. The van der Waals surface area contributed by atoms with Crippen LogP contribution < -0.4 is 5.32 Å². The Bertz CT molecular complexity index is 837. The molecule has 2 aliphatic rings. The van der Waals surface area contributed by atoms with Gasteiger partial charge in [0.15, 0.2) is 5.11 Å². The first-order valence-corrected chi connectivity index (χ1v) is 11.2. The van der Waals surface area contributed by atoms with Gasteiger partial charge < -0.3 is 19.9 Å². The van der Waals surface area contributed by atoms with Crippen LogP contribution in [0.25, 0.3) is 0 Å². The molecule has 0 spiro atoms. The van der Waals surface area contributed by atoms with E-state index in [4.69, 9.17) is 17.0 Å². The third-order valence-corrected chi connectivity index (χ3v) is 7.34. The molecule has 2 unspecified atom stereocenters. The largest absolute Gasteiger partial charge is 0.379 e. The highest BCUT2D eigenvalue weighted by atomic mass is 127. The fraction of sp³-hybridized carbons (Fsp3) is 0.500. The van der Waals surface area contributed by atoms with Crippen LogP contribution in [0.1, 0.15) is 34.7 Å². The maximum atomic E-state index is 5.79. The minimum atomic E-state index is 0.0424. The molecule has 2 fully saturated rings. The molecule has 4 heterocycles. The summed E-state index contributed by atoms with van der Waals surface area (Å²) in [6.07, 6.45) is 1.85. The number of aromatic nitrogens is 2. The quantitative estimate of drug-likeness (QED) is 0.476. The first kappa shape index (κ1) is 20.1. The zero-order valence-corrected chi connectivity index (χ0v) is 19.2. The number of ether oxygens (including phenoxy) is 1. The van der Waals surface area contributed by atoms with Crippen LogP contribution in [0.4, 0.5) is 0 Å². The van der Waals surface area contributed by atoms with Crippen LogP contribution >= 0.6 is 34.8 Å². The molecule has 0 aliphatic carbocycles. The molecular formula is C20H26IN5OS. The van der Waals surface area contributed by atoms with Gasteiger partial charge in [0.05, 0.1) is 31.0 Å². The molecule has 28 heavy (non-hydrogen) atoms. The van der Waals surface area contributed by atoms with Crippen LogP contribution in [0.2, 0.25) is 0 Å². The van der Waals surface area contributed by atoms with Crippen LogP contribution in [-0.4, -0.2) is 64.3 Å². The fourth-order valence-electron chi connectivity index (χ4n) is 4.16. The number of nitrogens with zero attached hydrogens (tertiary/aromatic N) is 3. The van der Waals surface area contributed by atoms with Crippen LogP contribution in [0.3, 0.4) is 0 Å². The van der Waals surface area contributed by atoms with Crippen molar-refractivity contribution in [1.29, 1.82) is 0 Å². The maximum Gasteiger partial charge on any atom is 0.170 e. The van der Waals surface area contributed by atoms with Gasteiger partial charge in [0.25, 0.3) is 0 Å². The third-order valence-electron chi connectivity index (χ3n) is 5.60. The molecule has 2 atom stereocenters. The van der Waals surface area contributed by atoms with E-state index in [0.29, 0.717) is 0 Å². The lowest BCUT2D eigenvalue weighted by Crippen LogP contribution is -2.42. The highest BCUT2D eigenvalue weighted by Gasteiger charge is 2.42. The number of rotatable bonds is 5. The molecule has 150 valence electrons. The molecule has 0 amide bonds. The topological polar surface area (TPSA) is 56.4 Å². The van der Waals surface area contributed by atoms with E-state index in [9.17, 15) is 0 Å². The lowest BCUT2D eigenvalue weighted by molar-refractivity contribution is 0.0350. The van der Waals surface area contributed by atoms with Crippen molar-refractivity contribution >= 4 is 39.9 Å². The summed E-state index contributed by atoms with van der Waals surface area (Å²) in [6.45, 7) is 9.77. The summed E-state index contributed by atoms with van der Waals surface area (Å²) >= 11 is 8.24.